The van der Waals surface area contributed by atoms with E-state index in [0.29, 0.717) is 5.88 Å². The molecule has 0 amide bonds. The fourth-order valence-corrected chi connectivity index (χ4v) is 2.71. The van der Waals surface area contributed by atoms with E-state index in [4.69, 9.17) is 16.3 Å². The Balaban J connectivity index is 1.90. The first-order valence-corrected chi connectivity index (χ1v) is 7.49. The van der Waals surface area contributed by atoms with Gasteiger partial charge in [-0.15, -0.1) is 11.6 Å². The second kappa shape index (κ2) is 7.11. The molecule has 0 bridgehead atoms. The Morgan fingerprint density at radius 3 is 3.00 bits per heavy atom. The normalized spacial score (nSPS) is 17.6. The molecule has 106 valence electrons. The predicted molar refractivity (Wildman–Crippen MR) is 76.6 cm³/mol. The van der Waals surface area contributed by atoms with Crippen LogP contribution in [0.15, 0.2) is 18.2 Å². The van der Waals surface area contributed by atoms with Gasteiger partial charge in [0.25, 0.3) is 0 Å². The van der Waals surface area contributed by atoms with Crippen LogP contribution >= 0.6 is 11.6 Å². The summed E-state index contributed by atoms with van der Waals surface area (Å²) < 4.78 is 19.0. The van der Waals surface area contributed by atoms with Crippen LogP contribution < -0.4 is 4.74 Å². The van der Waals surface area contributed by atoms with Gasteiger partial charge in [0.05, 0.1) is 0 Å². The summed E-state index contributed by atoms with van der Waals surface area (Å²) in [5.74, 6) is 1.28. The number of alkyl halides is 1. The van der Waals surface area contributed by atoms with Crippen molar-refractivity contribution in [3.05, 3.63) is 29.6 Å². The van der Waals surface area contributed by atoms with Crippen LogP contribution in [0.2, 0.25) is 0 Å². The molecule has 1 heterocycles. The van der Waals surface area contributed by atoms with Crippen LogP contribution in [0.25, 0.3) is 0 Å². The van der Waals surface area contributed by atoms with E-state index in [-0.39, 0.29) is 11.9 Å². The summed E-state index contributed by atoms with van der Waals surface area (Å²) in [6.07, 6.45) is 3.26. The van der Waals surface area contributed by atoms with Crippen LogP contribution in [-0.2, 0) is 6.42 Å². The lowest BCUT2D eigenvalue weighted by Crippen LogP contribution is -2.36. The molecule has 0 saturated carbocycles. The third-order valence-electron chi connectivity index (χ3n) is 3.45. The van der Waals surface area contributed by atoms with Crippen LogP contribution in [-0.4, -0.2) is 36.5 Å². The molecular weight excluding hydrogens is 265 g/mol. The highest BCUT2D eigenvalue weighted by atomic mass is 35.5. The molecule has 1 atom stereocenters. The Bertz CT molecular complexity index is 413. The number of halogens is 2. The van der Waals surface area contributed by atoms with Gasteiger partial charge in [0, 0.05) is 31.0 Å². The van der Waals surface area contributed by atoms with E-state index in [9.17, 15) is 4.39 Å². The number of nitrogens with zero attached hydrogens (tertiary/aromatic N) is 1. The van der Waals surface area contributed by atoms with E-state index in [0.717, 1.165) is 37.4 Å². The van der Waals surface area contributed by atoms with Crippen molar-refractivity contribution in [2.75, 3.05) is 25.5 Å². The molecule has 19 heavy (non-hydrogen) atoms. The van der Waals surface area contributed by atoms with Crippen LogP contribution in [0.1, 0.15) is 25.3 Å². The van der Waals surface area contributed by atoms with Crippen molar-refractivity contribution in [3.63, 3.8) is 0 Å². The quantitative estimate of drug-likeness (QED) is 0.711. The molecule has 2 rings (SSSR count). The molecule has 4 heteroatoms. The minimum atomic E-state index is -0.188. The van der Waals surface area contributed by atoms with Gasteiger partial charge < -0.3 is 4.74 Å². The largest absolute Gasteiger partial charge is 0.488 e. The lowest BCUT2D eigenvalue weighted by Gasteiger charge is -2.24. The Morgan fingerprint density at radius 2 is 2.26 bits per heavy atom. The molecule has 1 unspecified atom stereocenters. The lowest BCUT2D eigenvalue weighted by atomic mass is 10.1. The molecule has 1 aliphatic heterocycles. The second-order valence-corrected chi connectivity index (χ2v) is 5.42. The maximum atomic E-state index is 13.2. The fraction of sp³-hybridized carbons (Fsp3) is 0.600. The zero-order valence-electron chi connectivity index (χ0n) is 11.4. The van der Waals surface area contributed by atoms with Crippen molar-refractivity contribution in [1.82, 2.24) is 4.90 Å². The maximum Gasteiger partial charge on any atom is 0.123 e. The van der Waals surface area contributed by atoms with Gasteiger partial charge in [0.2, 0.25) is 0 Å². The molecule has 0 spiro atoms. The molecule has 1 aromatic rings. The molecule has 0 saturated heterocycles. The average Bonchev–Trinajstić information content (AvgIpc) is 2.77. The minimum Gasteiger partial charge on any atom is -0.488 e. The van der Waals surface area contributed by atoms with Crippen LogP contribution in [0.5, 0.6) is 5.75 Å². The van der Waals surface area contributed by atoms with Gasteiger partial charge in [-0.25, -0.2) is 4.39 Å². The summed E-state index contributed by atoms with van der Waals surface area (Å²) in [7, 11) is 0. The number of hydrogen-bond acceptors (Lipinski definition) is 2. The van der Waals surface area contributed by atoms with E-state index in [1.807, 2.05) is 0 Å². The highest BCUT2D eigenvalue weighted by Gasteiger charge is 2.24. The molecular formula is C15H21ClFNO. The molecule has 2 nitrogen and oxygen atoms in total. The van der Waals surface area contributed by atoms with E-state index in [1.54, 1.807) is 12.1 Å². The number of hydrogen-bond donors (Lipinski definition) is 0. The van der Waals surface area contributed by atoms with Crippen molar-refractivity contribution in [2.45, 2.75) is 32.3 Å². The molecule has 1 aromatic carbocycles. The van der Waals surface area contributed by atoms with E-state index in [1.165, 1.54) is 18.9 Å². The maximum absolute atomic E-state index is 13.2. The zero-order chi connectivity index (χ0) is 13.7. The van der Waals surface area contributed by atoms with Crippen molar-refractivity contribution in [3.8, 4) is 5.75 Å². The summed E-state index contributed by atoms with van der Waals surface area (Å²) >= 11 is 5.84. The predicted octanol–water partition coefficient (Wildman–Crippen LogP) is 3.47. The fourth-order valence-electron chi connectivity index (χ4n) is 2.47. The smallest absolute Gasteiger partial charge is 0.123 e. The Hall–Kier alpha value is -0.800. The Kier molecular flexibility index (Phi) is 5.46. The van der Waals surface area contributed by atoms with Gasteiger partial charge >= 0.3 is 0 Å². The number of ether oxygens (including phenoxy) is 1. The van der Waals surface area contributed by atoms with Crippen molar-refractivity contribution < 1.29 is 9.13 Å². The number of fused-ring (bicyclic) bond motifs is 1. The highest BCUT2D eigenvalue weighted by Crippen LogP contribution is 2.29. The number of unbranched alkanes of at least 4 members (excludes halogenated alkanes) is 1. The SMILES string of the molecule is CCCCN(CCCl)CC1Cc2cc(F)ccc2O1. The molecule has 1 aliphatic rings. The molecule has 0 aliphatic carbocycles. The standard InChI is InChI=1S/C15H21ClFNO/c1-2-3-7-18(8-6-16)11-14-10-12-9-13(17)4-5-15(12)19-14/h4-5,9,14H,2-3,6-8,10-11H2,1H3. The van der Waals surface area contributed by atoms with Crippen molar-refractivity contribution in [2.24, 2.45) is 0 Å². The second-order valence-electron chi connectivity index (χ2n) is 5.04. The zero-order valence-corrected chi connectivity index (χ0v) is 12.1. The Labute approximate surface area is 119 Å². The van der Waals surface area contributed by atoms with Crippen LogP contribution in [0.4, 0.5) is 4.39 Å². The molecule has 0 fully saturated rings. The van der Waals surface area contributed by atoms with Crippen molar-refractivity contribution >= 4 is 11.6 Å². The lowest BCUT2D eigenvalue weighted by molar-refractivity contribution is 0.154. The topological polar surface area (TPSA) is 12.5 Å². The summed E-state index contributed by atoms with van der Waals surface area (Å²) in [5.41, 5.74) is 0.978. The first kappa shape index (κ1) is 14.6. The summed E-state index contributed by atoms with van der Waals surface area (Å²) in [6.45, 7) is 4.98. The highest BCUT2D eigenvalue weighted by molar-refractivity contribution is 6.18. The van der Waals surface area contributed by atoms with Gasteiger partial charge in [-0.05, 0) is 31.2 Å². The molecule has 0 aromatic heterocycles. The molecule has 0 radical (unpaired) electrons. The van der Waals surface area contributed by atoms with Gasteiger partial charge in [0.1, 0.15) is 17.7 Å². The van der Waals surface area contributed by atoms with Crippen molar-refractivity contribution in [1.29, 1.82) is 0 Å². The minimum absolute atomic E-state index is 0.122. The van der Waals surface area contributed by atoms with Crippen LogP contribution in [0.3, 0.4) is 0 Å². The van der Waals surface area contributed by atoms with Gasteiger partial charge in [-0.3, -0.25) is 4.90 Å². The monoisotopic (exact) mass is 285 g/mol. The summed E-state index contributed by atoms with van der Waals surface area (Å²) in [5, 5.41) is 0. The average molecular weight is 286 g/mol. The van der Waals surface area contributed by atoms with Crippen LogP contribution in [0, 0.1) is 5.82 Å². The third-order valence-corrected chi connectivity index (χ3v) is 3.62. The number of rotatable bonds is 7. The van der Waals surface area contributed by atoms with Gasteiger partial charge in [0.15, 0.2) is 0 Å². The Morgan fingerprint density at radius 1 is 1.42 bits per heavy atom. The first-order valence-electron chi connectivity index (χ1n) is 6.96. The van der Waals surface area contributed by atoms with E-state index in [2.05, 4.69) is 11.8 Å². The number of benzene rings is 1. The van der Waals surface area contributed by atoms with Gasteiger partial charge in [-0.2, -0.15) is 0 Å². The first-order chi connectivity index (χ1) is 9.22. The third kappa shape index (κ3) is 4.08. The van der Waals surface area contributed by atoms with E-state index < -0.39 is 0 Å². The van der Waals surface area contributed by atoms with Gasteiger partial charge in [-0.1, -0.05) is 13.3 Å². The summed E-state index contributed by atoms with van der Waals surface area (Å²) in [6, 6.07) is 4.75. The summed E-state index contributed by atoms with van der Waals surface area (Å²) in [4.78, 5) is 2.34. The molecule has 0 N–H and O–H groups in total. The van der Waals surface area contributed by atoms with E-state index >= 15 is 0 Å².